The number of carbonyl (C=O) groups excluding carboxylic acids is 2. The highest BCUT2D eigenvalue weighted by Gasteiger charge is 1.73. The standard InChI is InChI=1S/2C5H8O/c2*1-3-4-5(2)6/h2*3-4H,1-2H3/b2*4-3+. The molecule has 0 N–H and O–H groups in total. The number of hydrogen-bond donors (Lipinski definition) is 0. The van der Waals surface area contributed by atoms with Crippen molar-refractivity contribution in [2.24, 2.45) is 0 Å². The molecule has 0 rings (SSSR count). The summed E-state index contributed by atoms with van der Waals surface area (Å²) in [6, 6.07) is 0. The largest absolute Gasteiger partial charge is 0.295 e. The zero-order chi connectivity index (χ0) is 9.98. The predicted molar refractivity (Wildman–Crippen MR) is 51.0 cm³/mol. The van der Waals surface area contributed by atoms with Crippen LogP contribution in [0.15, 0.2) is 24.3 Å². The third kappa shape index (κ3) is 23.2. The Kier molecular flexibility index (Phi) is 11.0. The van der Waals surface area contributed by atoms with Gasteiger partial charge in [0.2, 0.25) is 0 Å². The van der Waals surface area contributed by atoms with Crippen molar-refractivity contribution in [3.05, 3.63) is 24.3 Å². The van der Waals surface area contributed by atoms with Crippen molar-refractivity contribution in [3.8, 4) is 0 Å². The fraction of sp³-hybridized carbons (Fsp3) is 0.400. The molecule has 0 fully saturated rings. The summed E-state index contributed by atoms with van der Waals surface area (Å²) in [5, 5.41) is 0. The van der Waals surface area contributed by atoms with Gasteiger partial charge in [-0.3, -0.25) is 9.59 Å². The number of hydrogen-bond acceptors (Lipinski definition) is 2. The minimum Gasteiger partial charge on any atom is -0.295 e. The molecule has 0 heterocycles. The van der Waals surface area contributed by atoms with E-state index in [0.717, 1.165) is 0 Å². The molecule has 0 saturated carbocycles. The molecule has 0 atom stereocenters. The summed E-state index contributed by atoms with van der Waals surface area (Å²) in [5.74, 6) is 0.218. The second-order valence-corrected chi connectivity index (χ2v) is 2.22. The zero-order valence-electron chi connectivity index (χ0n) is 8.13. The first-order valence-corrected chi connectivity index (χ1v) is 3.81. The van der Waals surface area contributed by atoms with E-state index in [1.54, 1.807) is 12.2 Å². The van der Waals surface area contributed by atoms with Crippen LogP contribution in [0, 0.1) is 0 Å². The predicted octanol–water partition coefficient (Wildman–Crippen LogP) is 2.30. The summed E-state index contributed by atoms with van der Waals surface area (Å²) >= 11 is 0. The van der Waals surface area contributed by atoms with Crippen LogP contribution in [0.1, 0.15) is 27.7 Å². The van der Waals surface area contributed by atoms with Crippen molar-refractivity contribution >= 4 is 11.6 Å². The van der Waals surface area contributed by atoms with Crippen LogP contribution in [-0.2, 0) is 9.59 Å². The molecule has 0 unspecified atom stereocenters. The molecule has 0 aliphatic carbocycles. The van der Waals surface area contributed by atoms with Gasteiger partial charge in [-0.25, -0.2) is 0 Å². The molecule has 0 amide bonds. The Bertz CT molecular complexity index is 166. The average Bonchev–Trinajstić information content (AvgIpc) is 1.87. The molecule has 2 heteroatoms. The van der Waals surface area contributed by atoms with Crippen LogP contribution in [0.2, 0.25) is 0 Å². The van der Waals surface area contributed by atoms with Crippen LogP contribution in [0.25, 0.3) is 0 Å². The topological polar surface area (TPSA) is 34.1 Å². The molecule has 0 spiro atoms. The lowest BCUT2D eigenvalue weighted by molar-refractivity contribution is -0.113. The van der Waals surface area contributed by atoms with E-state index in [0.29, 0.717) is 0 Å². The molecule has 0 aliphatic rings. The van der Waals surface area contributed by atoms with E-state index in [2.05, 4.69) is 0 Å². The number of ketones is 2. The Morgan fingerprint density at radius 2 is 1.08 bits per heavy atom. The van der Waals surface area contributed by atoms with E-state index in [9.17, 15) is 9.59 Å². The highest BCUT2D eigenvalue weighted by Crippen LogP contribution is 1.69. The van der Waals surface area contributed by atoms with Crippen molar-refractivity contribution < 1.29 is 9.59 Å². The number of carbonyl (C=O) groups is 2. The normalized spacial score (nSPS) is 9.67. The first kappa shape index (κ1) is 13.4. The highest BCUT2D eigenvalue weighted by molar-refractivity contribution is 5.87. The second-order valence-electron chi connectivity index (χ2n) is 2.22. The van der Waals surface area contributed by atoms with E-state index in [4.69, 9.17) is 0 Å². The number of allylic oxidation sites excluding steroid dienone is 4. The van der Waals surface area contributed by atoms with Gasteiger partial charge >= 0.3 is 0 Å². The molecule has 2 nitrogen and oxygen atoms in total. The van der Waals surface area contributed by atoms with Gasteiger partial charge < -0.3 is 0 Å². The van der Waals surface area contributed by atoms with Crippen molar-refractivity contribution in [1.29, 1.82) is 0 Å². The summed E-state index contributed by atoms with van der Waals surface area (Å²) < 4.78 is 0. The van der Waals surface area contributed by atoms with Gasteiger partial charge in [-0.1, -0.05) is 12.2 Å². The lowest BCUT2D eigenvalue weighted by Gasteiger charge is -1.68. The molecule has 68 valence electrons. The van der Waals surface area contributed by atoms with Gasteiger partial charge in [-0.2, -0.15) is 0 Å². The van der Waals surface area contributed by atoms with Crippen molar-refractivity contribution in [2.45, 2.75) is 27.7 Å². The van der Waals surface area contributed by atoms with Gasteiger partial charge in [0.05, 0.1) is 0 Å². The Labute approximate surface area is 74.0 Å². The fourth-order valence-electron chi connectivity index (χ4n) is 0.469. The summed E-state index contributed by atoms with van der Waals surface area (Å²) in [5.41, 5.74) is 0. The Hall–Kier alpha value is -1.18. The lowest BCUT2D eigenvalue weighted by atomic mass is 10.4. The van der Waals surface area contributed by atoms with Crippen LogP contribution in [-0.4, -0.2) is 11.6 Å². The van der Waals surface area contributed by atoms with Crippen LogP contribution in [0.3, 0.4) is 0 Å². The second kappa shape index (κ2) is 9.82. The smallest absolute Gasteiger partial charge is 0.152 e. The SMILES string of the molecule is C/C=C/C(C)=O.C/C=C/C(C)=O. The van der Waals surface area contributed by atoms with Crippen molar-refractivity contribution in [1.82, 2.24) is 0 Å². The Morgan fingerprint density at radius 3 is 1.08 bits per heavy atom. The molecule has 0 aromatic carbocycles. The summed E-state index contributed by atoms with van der Waals surface area (Å²) in [6.07, 6.45) is 6.50. The first-order valence-electron chi connectivity index (χ1n) is 3.81. The van der Waals surface area contributed by atoms with E-state index in [1.807, 2.05) is 13.8 Å². The van der Waals surface area contributed by atoms with Gasteiger partial charge in [-0.05, 0) is 39.8 Å². The molecular weight excluding hydrogens is 152 g/mol. The van der Waals surface area contributed by atoms with E-state index in [1.165, 1.54) is 26.0 Å². The van der Waals surface area contributed by atoms with Gasteiger partial charge in [0.1, 0.15) is 0 Å². The minimum absolute atomic E-state index is 0.109. The van der Waals surface area contributed by atoms with E-state index < -0.39 is 0 Å². The van der Waals surface area contributed by atoms with Gasteiger partial charge in [0.15, 0.2) is 11.6 Å². The Balaban J connectivity index is 0. The van der Waals surface area contributed by atoms with Crippen molar-refractivity contribution in [2.75, 3.05) is 0 Å². The van der Waals surface area contributed by atoms with E-state index in [-0.39, 0.29) is 11.6 Å². The van der Waals surface area contributed by atoms with Crippen LogP contribution >= 0.6 is 0 Å². The van der Waals surface area contributed by atoms with Crippen LogP contribution < -0.4 is 0 Å². The molecule has 0 saturated heterocycles. The van der Waals surface area contributed by atoms with Crippen molar-refractivity contribution in [3.63, 3.8) is 0 Å². The zero-order valence-corrected chi connectivity index (χ0v) is 8.13. The molecule has 0 radical (unpaired) electrons. The first-order chi connectivity index (χ1) is 5.54. The third-order valence-corrected chi connectivity index (χ3v) is 0.803. The average molecular weight is 168 g/mol. The summed E-state index contributed by atoms with van der Waals surface area (Å²) in [7, 11) is 0. The Morgan fingerprint density at radius 1 is 0.833 bits per heavy atom. The monoisotopic (exact) mass is 168 g/mol. The van der Waals surface area contributed by atoms with E-state index >= 15 is 0 Å². The number of rotatable bonds is 2. The summed E-state index contributed by atoms with van der Waals surface area (Å²) in [4.78, 5) is 19.9. The maximum Gasteiger partial charge on any atom is 0.152 e. The molecule has 0 bridgehead atoms. The maximum atomic E-state index is 9.96. The maximum absolute atomic E-state index is 9.96. The highest BCUT2D eigenvalue weighted by atomic mass is 16.1. The molecule has 0 aromatic heterocycles. The fourth-order valence-corrected chi connectivity index (χ4v) is 0.469. The van der Waals surface area contributed by atoms with Crippen LogP contribution in [0.4, 0.5) is 0 Å². The van der Waals surface area contributed by atoms with Gasteiger partial charge in [0, 0.05) is 0 Å². The molecule has 0 aromatic rings. The lowest BCUT2D eigenvalue weighted by Crippen LogP contribution is -1.76. The van der Waals surface area contributed by atoms with Gasteiger partial charge in [-0.15, -0.1) is 0 Å². The molecule has 0 aliphatic heterocycles. The summed E-state index contributed by atoms with van der Waals surface area (Å²) in [6.45, 7) is 6.70. The van der Waals surface area contributed by atoms with Crippen LogP contribution in [0.5, 0.6) is 0 Å². The van der Waals surface area contributed by atoms with Gasteiger partial charge in [0.25, 0.3) is 0 Å². The quantitative estimate of drug-likeness (QED) is 0.593. The molecular formula is C10H16O2. The minimum atomic E-state index is 0.109. The molecule has 12 heavy (non-hydrogen) atoms. The third-order valence-electron chi connectivity index (χ3n) is 0.803.